The van der Waals surface area contributed by atoms with Crippen LogP contribution in [0.2, 0.25) is 0 Å². The second-order valence-corrected chi connectivity index (χ2v) is 2.89. The highest BCUT2D eigenvalue weighted by Crippen LogP contribution is 2.23. The molecule has 0 aromatic heterocycles. The average Bonchev–Trinajstić information content (AvgIpc) is 2.21. The van der Waals surface area contributed by atoms with Gasteiger partial charge in [-0.1, -0.05) is 12.1 Å². The molecule has 0 bridgehead atoms. The van der Waals surface area contributed by atoms with E-state index >= 15 is 0 Å². The zero-order valence-electron chi connectivity index (χ0n) is 6.95. The van der Waals surface area contributed by atoms with Crippen molar-refractivity contribution in [3.05, 3.63) is 50.5 Å². The number of aromatic hydroxyl groups is 1. The van der Waals surface area contributed by atoms with Crippen molar-refractivity contribution in [2.45, 2.75) is 0 Å². The highest BCUT2D eigenvalue weighted by Gasteiger charge is 2.20. The molecule has 0 fully saturated rings. The van der Waals surface area contributed by atoms with Crippen LogP contribution in [0.15, 0.2) is 33.9 Å². The predicted molar refractivity (Wildman–Crippen MR) is 48.4 cm³/mol. The number of benzene rings is 1. The molecule has 0 aliphatic rings. The van der Waals surface area contributed by atoms with E-state index in [1.807, 2.05) is 0 Å². The first-order valence-corrected chi connectivity index (χ1v) is 3.89. The minimum atomic E-state index is -0.885. The number of hydrogen-bond donors (Lipinski definition) is 1. The first-order valence-electron chi connectivity index (χ1n) is 3.89. The van der Waals surface area contributed by atoms with Crippen LogP contribution >= 0.6 is 0 Å². The largest absolute Gasteiger partial charge is 0.503 e. The van der Waals surface area contributed by atoms with Crippen LogP contribution in [0.4, 0.5) is 4.39 Å². The molecule has 0 aliphatic carbocycles. The summed E-state index contributed by atoms with van der Waals surface area (Å²) in [4.78, 5) is 21.7. The molecular weight excluding hydrogens is 187 g/mol. The van der Waals surface area contributed by atoms with Gasteiger partial charge in [-0.15, -0.1) is 0 Å². The minimum Gasteiger partial charge on any atom is -0.503 e. The van der Waals surface area contributed by atoms with Crippen LogP contribution < -0.4 is 10.9 Å². The van der Waals surface area contributed by atoms with Crippen molar-refractivity contribution < 1.29 is 9.50 Å². The molecule has 1 N–H and O–H groups in total. The van der Waals surface area contributed by atoms with Crippen molar-refractivity contribution in [2.75, 3.05) is 0 Å². The van der Waals surface area contributed by atoms with E-state index in [1.54, 1.807) is 0 Å². The second-order valence-electron chi connectivity index (χ2n) is 2.89. The van der Waals surface area contributed by atoms with Gasteiger partial charge in [-0.05, 0) is 17.7 Å². The Kier molecular flexibility index (Phi) is 1.70. The van der Waals surface area contributed by atoms with Crippen molar-refractivity contribution in [2.24, 2.45) is 0 Å². The summed E-state index contributed by atoms with van der Waals surface area (Å²) in [6, 6.07) is 4.99. The lowest BCUT2D eigenvalue weighted by Gasteiger charge is -2.04. The van der Waals surface area contributed by atoms with Gasteiger partial charge in [0.25, 0.3) is 5.43 Å². The zero-order valence-corrected chi connectivity index (χ0v) is 6.95. The molecular formula is C10H5FO3. The van der Waals surface area contributed by atoms with Crippen LogP contribution in [0.5, 0.6) is 5.75 Å². The fourth-order valence-corrected chi connectivity index (χ4v) is 1.26. The number of rotatable bonds is 1. The van der Waals surface area contributed by atoms with Crippen LogP contribution in [0.3, 0.4) is 0 Å². The summed E-state index contributed by atoms with van der Waals surface area (Å²) in [5.74, 6) is -0.978. The summed E-state index contributed by atoms with van der Waals surface area (Å²) in [5, 5.41) is 9.08. The van der Waals surface area contributed by atoms with E-state index in [4.69, 9.17) is 5.11 Å². The van der Waals surface area contributed by atoms with E-state index in [0.717, 1.165) is 12.1 Å². The van der Waals surface area contributed by atoms with Crippen molar-refractivity contribution in [3.8, 4) is 16.9 Å². The van der Waals surface area contributed by atoms with Gasteiger partial charge < -0.3 is 5.11 Å². The maximum Gasteiger partial charge on any atom is 0.268 e. The van der Waals surface area contributed by atoms with Gasteiger partial charge in [0, 0.05) is 0 Å². The fraction of sp³-hybridized carbons (Fsp3) is 0. The Labute approximate surface area is 77.8 Å². The van der Waals surface area contributed by atoms with Gasteiger partial charge in [-0.2, -0.15) is 0 Å². The third-order valence-corrected chi connectivity index (χ3v) is 2.02. The Bertz CT molecular complexity index is 547. The molecule has 2 rings (SSSR count). The van der Waals surface area contributed by atoms with E-state index < -0.39 is 22.4 Å². The molecule has 0 spiro atoms. The lowest BCUT2D eigenvalue weighted by molar-refractivity contribution is 0.465. The summed E-state index contributed by atoms with van der Waals surface area (Å²) in [6.45, 7) is 0. The quantitative estimate of drug-likeness (QED) is 0.680. The van der Waals surface area contributed by atoms with Crippen LogP contribution in [0.25, 0.3) is 11.1 Å². The summed E-state index contributed by atoms with van der Waals surface area (Å²) in [7, 11) is 0. The fourth-order valence-electron chi connectivity index (χ4n) is 1.26. The number of hydrogen-bond acceptors (Lipinski definition) is 3. The Balaban J connectivity index is 2.58. The SMILES string of the molecule is O=c1c(O)c(-c2ccc(F)cc2)c1=O. The molecule has 0 atom stereocenters. The highest BCUT2D eigenvalue weighted by atomic mass is 19.1. The molecule has 0 saturated carbocycles. The van der Waals surface area contributed by atoms with Gasteiger partial charge in [0.05, 0.1) is 5.56 Å². The highest BCUT2D eigenvalue weighted by molar-refractivity contribution is 5.73. The molecule has 0 unspecified atom stereocenters. The van der Waals surface area contributed by atoms with Crippen LogP contribution in [0, 0.1) is 5.82 Å². The second kappa shape index (κ2) is 2.77. The van der Waals surface area contributed by atoms with Crippen LogP contribution in [-0.4, -0.2) is 5.11 Å². The monoisotopic (exact) mass is 192 g/mol. The Hall–Kier alpha value is -1.97. The molecule has 2 aromatic rings. The van der Waals surface area contributed by atoms with Crippen molar-refractivity contribution in [3.63, 3.8) is 0 Å². The van der Waals surface area contributed by atoms with E-state index in [9.17, 15) is 14.0 Å². The van der Waals surface area contributed by atoms with E-state index in [0.29, 0.717) is 5.56 Å². The summed E-state index contributed by atoms with van der Waals surface area (Å²) < 4.78 is 12.5. The van der Waals surface area contributed by atoms with E-state index in [-0.39, 0.29) is 5.56 Å². The predicted octanol–water partition coefficient (Wildman–Crippen LogP) is 0.794. The smallest absolute Gasteiger partial charge is 0.268 e. The first kappa shape index (κ1) is 8.62. The van der Waals surface area contributed by atoms with Gasteiger partial charge >= 0.3 is 0 Å². The topological polar surface area (TPSA) is 54.4 Å². The molecule has 0 heterocycles. The molecule has 70 valence electrons. The lowest BCUT2D eigenvalue weighted by atomic mass is 10.0. The summed E-state index contributed by atoms with van der Waals surface area (Å²) in [6.07, 6.45) is 0. The lowest BCUT2D eigenvalue weighted by Crippen LogP contribution is -2.31. The van der Waals surface area contributed by atoms with Crippen molar-refractivity contribution in [1.29, 1.82) is 0 Å². The van der Waals surface area contributed by atoms with Gasteiger partial charge in [-0.3, -0.25) is 9.59 Å². The molecule has 3 nitrogen and oxygen atoms in total. The number of halogens is 1. The Morgan fingerprint density at radius 2 is 1.57 bits per heavy atom. The van der Waals surface area contributed by atoms with Crippen LogP contribution in [-0.2, 0) is 0 Å². The van der Waals surface area contributed by atoms with Crippen LogP contribution in [0.1, 0.15) is 0 Å². The maximum atomic E-state index is 12.5. The third kappa shape index (κ3) is 1.04. The first-order chi connectivity index (χ1) is 6.61. The molecule has 4 heteroatoms. The normalized spacial score (nSPS) is 10.6. The van der Waals surface area contributed by atoms with Gasteiger partial charge in [0.2, 0.25) is 5.43 Å². The molecule has 0 amide bonds. The van der Waals surface area contributed by atoms with E-state index in [1.165, 1.54) is 12.1 Å². The standard InChI is InChI=1S/C10H5FO3/c11-6-3-1-5(2-4-6)7-8(12)10(14)9(7)13/h1-4,12H. The Morgan fingerprint density at radius 3 is 2.07 bits per heavy atom. The summed E-state index contributed by atoms with van der Waals surface area (Å²) in [5.41, 5.74) is -1.29. The molecule has 2 aromatic carbocycles. The molecule has 0 aliphatic heterocycles. The maximum absolute atomic E-state index is 12.5. The van der Waals surface area contributed by atoms with Gasteiger partial charge in [-0.25, -0.2) is 4.39 Å². The zero-order chi connectivity index (χ0) is 10.3. The van der Waals surface area contributed by atoms with Crippen molar-refractivity contribution >= 4 is 0 Å². The molecule has 0 radical (unpaired) electrons. The molecule has 14 heavy (non-hydrogen) atoms. The molecule has 0 saturated heterocycles. The van der Waals surface area contributed by atoms with Crippen molar-refractivity contribution in [1.82, 2.24) is 0 Å². The minimum absolute atomic E-state index is 0.0324. The summed E-state index contributed by atoms with van der Waals surface area (Å²) >= 11 is 0. The van der Waals surface area contributed by atoms with Gasteiger partial charge in [0.1, 0.15) is 5.82 Å². The Morgan fingerprint density at radius 1 is 1.00 bits per heavy atom. The average molecular weight is 192 g/mol. The third-order valence-electron chi connectivity index (χ3n) is 2.02. The van der Waals surface area contributed by atoms with Gasteiger partial charge in [0.15, 0.2) is 5.75 Å². The van der Waals surface area contributed by atoms with E-state index in [2.05, 4.69) is 0 Å².